The van der Waals surface area contributed by atoms with Crippen molar-refractivity contribution < 1.29 is 13.2 Å². The lowest BCUT2D eigenvalue weighted by atomic mass is 10.2. The summed E-state index contributed by atoms with van der Waals surface area (Å²) in [6.07, 6.45) is 0.512. The fourth-order valence-corrected chi connectivity index (χ4v) is 2.80. The summed E-state index contributed by atoms with van der Waals surface area (Å²) in [7, 11) is -1.46. The average molecular weight is 243 g/mol. The van der Waals surface area contributed by atoms with Crippen LogP contribution in [0.2, 0.25) is 0 Å². The number of sulfone groups is 1. The van der Waals surface area contributed by atoms with Crippen molar-refractivity contribution >= 4 is 9.84 Å². The van der Waals surface area contributed by atoms with Gasteiger partial charge in [-0.2, -0.15) is 0 Å². The van der Waals surface area contributed by atoms with Crippen LogP contribution < -0.4 is 10.5 Å². The van der Waals surface area contributed by atoms with Crippen LogP contribution in [-0.2, 0) is 15.6 Å². The van der Waals surface area contributed by atoms with Crippen LogP contribution in [0.15, 0.2) is 24.3 Å². The minimum absolute atomic E-state index is 0.0665. The van der Waals surface area contributed by atoms with Crippen LogP contribution in [0, 0.1) is 0 Å². The third-order valence-corrected chi connectivity index (χ3v) is 3.89. The van der Waals surface area contributed by atoms with Gasteiger partial charge in [-0.15, -0.1) is 0 Å². The molecule has 5 heteroatoms. The average Bonchev–Trinajstić information content (AvgIpc) is 2.27. The van der Waals surface area contributed by atoms with E-state index in [1.807, 2.05) is 0 Å². The van der Waals surface area contributed by atoms with E-state index in [1.54, 1.807) is 31.4 Å². The largest absolute Gasteiger partial charge is 0.497 e. The molecule has 1 rings (SSSR count). The Balaban J connectivity index is 2.65. The number of rotatable bonds is 6. The summed E-state index contributed by atoms with van der Waals surface area (Å²) in [5.41, 5.74) is 6.06. The molecule has 0 bridgehead atoms. The highest BCUT2D eigenvalue weighted by atomic mass is 32.2. The van der Waals surface area contributed by atoms with Gasteiger partial charge >= 0.3 is 0 Å². The molecule has 4 nitrogen and oxygen atoms in total. The van der Waals surface area contributed by atoms with Crippen molar-refractivity contribution in [3.05, 3.63) is 29.8 Å². The van der Waals surface area contributed by atoms with E-state index in [2.05, 4.69) is 0 Å². The molecule has 0 aromatic heterocycles. The number of hydrogen-bond acceptors (Lipinski definition) is 4. The summed E-state index contributed by atoms with van der Waals surface area (Å²) in [6, 6.07) is 7.04. The summed E-state index contributed by atoms with van der Waals surface area (Å²) < 4.78 is 28.3. The quantitative estimate of drug-likeness (QED) is 0.808. The first-order valence-corrected chi connectivity index (χ1v) is 6.93. The Morgan fingerprint density at radius 1 is 1.25 bits per heavy atom. The molecule has 0 atom stereocenters. The van der Waals surface area contributed by atoms with Crippen LogP contribution >= 0.6 is 0 Å². The van der Waals surface area contributed by atoms with Crippen molar-refractivity contribution in [2.45, 2.75) is 12.2 Å². The van der Waals surface area contributed by atoms with E-state index in [9.17, 15) is 8.42 Å². The molecule has 0 spiro atoms. The maximum absolute atomic E-state index is 11.6. The molecule has 0 radical (unpaired) electrons. The van der Waals surface area contributed by atoms with E-state index in [0.717, 1.165) is 11.3 Å². The van der Waals surface area contributed by atoms with E-state index in [-0.39, 0.29) is 11.5 Å². The molecule has 1 aromatic carbocycles. The van der Waals surface area contributed by atoms with Crippen LogP contribution in [0.1, 0.15) is 12.0 Å². The summed E-state index contributed by atoms with van der Waals surface area (Å²) in [5.74, 6) is 0.940. The first kappa shape index (κ1) is 13.0. The topological polar surface area (TPSA) is 69.4 Å². The van der Waals surface area contributed by atoms with Crippen LogP contribution in [0.5, 0.6) is 5.75 Å². The lowest BCUT2D eigenvalue weighted by Gasteiger charge is -2.05. The number of methoxy groups -OCH3 is 1. The lowest BCUT2D eigenvalue weighted by molar-refractivity contribution is 0.414. The van der Waals surface area contributed by atoms with Crippen LogP contribution in [0.4, 0.5) is 0 Å². The van der Waals surface area contributed by atoms with Crippen molar-refractivity contribution in [2.75, 3.05) is 19.4 Å². The van der Waals surface area contributed by atoms with Gasteiger partial charge in [0, 0.05) is 0 Å². The molecule has 2 N–H and O–H groups in total. The maximum atomic E-state index is 11.6. The smallest absolute Gasteiger partial charge is 0.154 e. The zero-order chi connectivity index (χ0) is 12.0. The molecule has 16 heavy (non-hydrogen) atoms. The molecule has 90 valence electrons. The minimum Gasteiger partial charge on any atom is -0.497 e. The van der Waals surface area contributed by atoms with E-state index in [0.29, 0.717) is 13.0 Å². The van der Waals surface area contributed by atoms with Gasteiger partial charge in [0.1, 0.15) is 5.75 Å². The Hall–Kier alpha value is -1.07. The highest BCUT2D eigenvalue weighted by molar-refractivity contribution is 7.90. The Bertz CT molecular complexity index is 411. The van der Waals surface area contributed by atoms with Gasteiger partial charge in [0.05, 0.1) is 18.6 Å². The van der Waals surface area contributed by atoms with E-state index in [4.69, 9.17) is 10.5 Å². The van der Waals surface area contributed by atoms with Gasteiger partial charge in [-0.3, -0.25) is 0 Å². The van der Waals surface area contributed by atoms with Gasteiger partial charge < -0.3 is 10.5 Å². The fraction of sp³-hybridized carbons (Fsp3) is 0.455. The van der Waals surface area contributed by atoms with Gasteiger partial charge in [0.25, 0.3) is 0 Å². The first-order chi connectivity index (χ1) is 7.57. The molecule has 0 saturated carbocycles. The van der Waals surface area contributed by atoms with Gasteiger partial charge in [-0.25, -0.2) is 8.42 Å². The Morgan fingerprint density at radius 3 is 2.38 bits per heavy atom. The zero-order valence-electron chi connectivity index (χ0n) is 9.35. The molecular weight excluding hydrogens is 226 g/mol. The van der Waals surface area contributed by atoms with Crippen molar-refractivity contribution in [3.63, 3.8) is 0 Å². The van der Waals surface area contributed by atoms with Crippen molar-refractivity contribution in [1.82, 2.24) is 0 Å². The zero-order valence-corrected chi connectivity index (χ0v) is 10.2. The fourth-order valence-electron chi connectivity index (χ4n) is 1.35. The molecule has 1 aromatic rings. The van der Waals surface area contributed by atoms with E-state index in [1.165, 1.54) is 0 Å². The Morgan fingerprint density at radius 2 is 1.88 bits per heavy atom. The van der Waals surface area contributed by atoms with Gasteiger partial charge in [-0.1, -0.05) is 12.1 Å². The predicted octanol–water partition coefficient (Wildman–Crippen LogP) is 0.959. The summed E-state index contributed by atoms with van der Waals surface area (Å²) in [5, 5.41) is 0. The minimum atomic E-state index is -3.04. The maximum Gasteiger partial charge on any atom is 0.154 e. The molecule has 0 heterocycles. The van der Waals surface area contributed by atoms with Crippen molar-refractivity contribution in [1.29, 1.82) is 0 Å². The molecule has 0 aliphatic heterocycles. The van der Waals surface area contributed by atoms with Crippen LogP contribution in [0.25, 0.3) is 0 Å². The van der Waals surface area contributed by atoms with Crippen molar-refractivity contribution in [2.24, 2.45) is 5.73 Å². The number of hydrogen-bond donors (Lipinski definition) is 1. The molecule has 0 amide bonds. The molecule has 0 aliphatic carbocycles. The lowest BCUT2D eigenvalue weighted by Crippen LogP contribution is -2.13. The third kappa shape index (κ3) is 4.20. The Labute approximate surface area is 96.3 Å². The first-order valence-electron chi connectivity index (χ1n) is 5.11. The highest BCUT2D eigenvalue weighted by Gasteiger charge is 2.11. The summed E-state index contributed by atoms with van der Waals surface area (Å²) >= 11 is 0. The second kappa shape index (κ2) is 5.86. The molecule has 0 saturated heterocycles. The predicted molar refractivity (Wildman–Crippen MR) is 64.2 cm³/mol. The van der Waals surface area contributed by atoms with E-state index < -0.39 is 9.84 Å². The van der Waals surface area contributed by atoms with Gasteiger partial charge in [0.15, 0.2) is 9.84 Å². The summed E-state index contributed by atoms with van der Waals surface area (Å²) in [4.78, 5) is 0. The van der Waals surface area contributed by atoms with Crippen LogP contribution in [0.3, 0.4) is 0 Å². The molecular formula is C11H17NO3S. The monoisotopic (exact) mass is 243 g/mol. The standard InChI is InChI=1S/C11H17NO3S/c1-15-11-5-3-10(4-6-11)9-16(13,14)8-2-7-12/h3-6H,2,7-9,12H2,1H3. The van der Waals surface area contributed by atoms with Crippen LogP contribution in [-0.4, -0.2) is 27.8 Å². The third-order valence-electron chi connectivity index (χ3n) is 2.21. The number of ether oxygens (including phenoxy) is 1. The molecule has 0 fully saturated rings. The van der Waals surface area contributed by atoms with Gasteiger partial charge in [-0.05, 0) is 30.7 Å². The normalized spacial score (nSPS) is 11.4. The van der Waals surface area contributed by atoms with Crippen molar-refractivity contribution in [3.8, 4) is 5.75 Å². The summed E-state index contributed by atoms with van der Waals surface area (Å²) in [6.45, 7) is 0.405. The highest BCUT2D eigenvalue weighted by Crippen LogP contribution is 2.14. The number of benzene rings is 1. The van der Waals surface area contributed by atoms with E-state index >= 15 is 0 Å². The Kier molecular flexibility index (Phi) is 4.76. The second-order valence-corrected chi connectivity index (χ2v) is 5.77. The SMILES string of the molecule is COc1ccc(CS(=O)(=O)CCCN)cc1. The number of nitrogens with two attached hydrogens (primary N) is 1. The van der Waals surface area contributed by atoms with Gasteiger partial charge in [0.2, 0.25) is 0 Å². The molecule has 0 unspecified atom stereocenters. The molecule has 0 aliphatic rings. The second-order valence-electron chi connectivity index (χ2n) is 3.58.